The van der Waals surface area contributed by atoms with Crippen molar-refractivity contribution >= 4 is 5.69 Å². The SMILES string of the molecule is CCOC1CCN(c2ccccc2[C@@H](C)O)CC1. The molecule has 1 heterocycles. The molecule has 100 valence electrons. The highest BCUT2D eigenvalue weighted by Gasteiger charge is 2.21. The highest BCUT2D eigenvalue weighted by Crippen LogP contribution is 2.28. The minimum Gasteiger partial charge on any atom is -0.389 e. The predicted octanol–water partition coefficient (Wildman–Crippen LogP) is 2.75. The first-order valence-electron chi connectivity index (χ1n) is 6.86. The molecule has 0 spiro atoms. The first-order valence-corrected chi connectivity index (χ1v) is 6.86. The van der Waals surface area contributed by atoms with Gasteiger partial charge in [-0.05, 0) is 32.8 Å². The molecule has 1 aromatic carbocycles. The van der Waals surface area contributed by atoms with Gasteiger partial charge in [-0.2, -0.15) is 0 Å². The molecule has 1 aliphatic heterocycles. The number of aliphatic hydroxyl groups excluding tert-OH is 1. The summed E-state index contributed by atoms with van der Waals surface area (Å²) in [6.07, 6.45) is 2.14. The Labute approximate surface area is 109 Å². The molecule has 18 heavy (non-hydrogen) atoms. The van der Waals surface area contributed by atoms with E-state index >= 15 is 0 Å². The normalized spacial score (nSPS) is 18.9. The first-order chi connectivity index (χ1) is 8.72. The Hall–Kier alpha value is -1.06. The zero-order valence-corrected chi connectivity index (χ0v) is 11.3. The van der Waals surface area contributed by atoms with E-state index in [0.29, 0.717) is 6.10 Å². The van der Waals surface area contributed by atoms with Gasteiger partial charge in [0.2, 0.25) is 0 Å². The van der Waals surface area contributed by atoms with Crippen LogP contribution >= 0.6 is 0 Å². The molecule has 0 bridgehead atoms. The van der Waals surface area contributed by atoms with E-state index in [2.05, 4.69) is 17.9 Å². The van der Waals surface area contributed by atoms with E-state index in [1.165, 1.54) is 5.69 Å². The smallest absolute Gasteiger partial charge is 0.0781 e. The maximum absolute atomic E-state index is 9.82. The molecule has 1 aromatic rings. The average molecular weight is 249 g/mol. The summed E-state index contributed by atoms with van der Waals surface area (Å²) in [5.41, 5.74) is 2.19. The molecular weight excluding hydrogens is 226 g/mol. The molecule has 0 radical (unpaired) electrons. The van der Waals surface area contributed by atoms with Crippen molar-refractivity contribution in [1.29, 1.82) is 0 Å². The third-order valence-electron chi connectivity index (χ3n) is 3.57. The minimum absolute atomic E-state index is 0.407. The van der Waals surface area contributed by atoms with Crippen molar-refractivity contribution in [2.45, 2.75) is 38.9 Å². The zero-order chi connectivity index (χ0) is 13.0. The summed E-state index contributed by atoms with van der Waals surface area (Å²) in [4.78, 5) is 2.36. The van der Waals surface area contributed by atoms with E-state index in [9.17, 15) is 5.11 Å². The lowest BCUT2D eigenvalue weighted by molar-refractivity contribution is 0.0458. The number of piperidine rings is 1. The van der Waals surface area contributed by atoms with Gasteiger partial charge >= 0.3 is 0 Å². The van der Waals surface area contributed by atoms with Crippen LogP contribution in [0.25, 0.3) is 0 Å². The summed E-state index contributed by atoms with van der Waals surface area (Å²) >= 11 is 0. The number of aliphatic hydroxyl groups is 1. The van der Waals surface area contributed by atoms with Crippen LogP contribution in [-0.2, 0) is 4.74 Å². The largest absolute Gasteiger partial charge is 0.389 e. The fourth-order valence-electron chi connectivity index (χ4n) is 2.63. The summed E-state index contributed by atoms with van der Waals surface area (Å²) in [5, 5.41) is 9.82. The lowest BCUT2D eigenvalue weighted by atomic mass is 10.0. The Balaban J connectivity index is 2.05. The van der Waals surface area contributed by atoms with Gasteiger partial charge in [0, 0.05) is 30.9 Å². The van der Waals surface area contributed by atoms with Crippen molar-refractivity contribution < 1.29 is 9.84 Å². The molecule has 1 fully saturated rings. The monoisotopic (exact) mass is 249 g/mol. The van der Waals surface area contributed by atoms with Crippen molar-refractivity contribution in [3.05, 3.63) is 29.8 Å². The topological polar surface area (TPSA) is 32.7 Å². The standard InChI is InChI=1S/C15H23NO2/c1-3-18-13-8-10-16(11-9-13)15-7-5-4-6-14(15)12(2)17/h4-7,12-13,17H,3,8-11H2,1-2H3/t12-/m1/s1. The summed E-state index contributed by atoms with van der Waals surface area (Å²) < 4.78 is 5.67. The maximum atomic E-state index is 9.82. The Kier molecular flexibility index (Phi) is 4.61. The molecule has 0 amide bonds. The quantitative estimate of drug-likeness (QED) is 0.890. The Bertz CT molecular complexity index is 371. The van der Waals surface area contributed by atoms with Crippen LogP contribution in [0.2, 0.25) is 0 Å². The van der Waals surface area contributed by atoms with Crippen LogP contribution in [0.3, 0.4) is 0 Å². The van der Waals surface area contributed by atoms with Gasteiger partial charge in [0.1, 0.15) is 0 Å². The van der Waals surface area contributed by atoms with Crippen molar-refractivity contribution in [3.8, 4) is 0 Å². The number of benzene rings is 1. The minimum atomic E-state index is -0.411. The van der Waals surface area contributed by atoms with Crippen LogP contribution < -0.4 is 4.90 Å². The highest BCUT2D eigenvalue weighted by molar-refractivity contribution is 5.54. The van der Waals surface area contributed by atoms with Gasteiger partial charge in [-0.3, -0.25) is 0 Å². The Morgan fingerprint density at radius 3 is 2.61 bits per heavy atom. The molecule has 0 aromatic heterocycles. The fraction of sp³-hybridized carbons (Fsp3) is 0.600. The summed E-state index contributed by atoms with van der Waals surface area (Å²) in [6.45, 7) is 6.69. The molecule has 1 N–H and O–H groups in total. The number of rotatable bonds is 4. The molecule has 3 heteroatoms. The first kappa shape index (κ1) is 13.4. The third-order valence-corrected chi connectivity index (χ3v) is 3.57. The molecule has 1 aliphatic rings. The highest BCUT2D eigenvalue weighted by atomic mass is 16.5. The van der Waals surface area contributed by atoms with Crippen LogP contribution in [-0.4, -0.2) is 30.9 Å². The van der Waals surface area contributed by atoms with Gasteiger partial charge in [-0.15, -0.1) is 0 Å². The van der Waals surface area contributed by atoms with E-state index in [1.807, 2.05) is 25.1 Å². The zero-order valence-electron chi connectivity index (χ0n) is 11.3. The van der Waals surface area contributed by atoms with Crippen LogP contribution in [0.5, 0.6) is 0 Å². The molecule has 0 unspecified atom stereocenters. The van der Waals surface area contributed by atoms with E-state index in [4.69, 9.17) is 4.74 Å². The summed E-state index contributed by atoms with van der Waals surface area (Å²) in [7, 11) is 0. The second kappa shape index (κ2) is 6.21. The Morgan fingerprint density at radius 1 is 1.33 bits per heavy atom. The van der Waals surface area contributed by atoms with Crippen LogP contribution in [0.15, 0.2) is 24.3 Å². The number of anilines is 1. The van der Waals surface area contributed by atoms with Crippen molar-refractivity contribution in [3.63, 3.8) is 0 Å². The molecule has 3 nitrogen and oxygen atoms in total. The number of ether oxygens (including phenoxy) is 1. The van der Waals surface area contributed by atoms with Gasteiger partial charge in [0.05, 0.1) is 12.2 Å². The van der Waals surface area contributed by atoms with E-state index < -0.39 is 6.10 Å². The van der Waals surface area contributed by atoms with Gasteiger partial charge in [-0.1, -0.05) is 18.2 Å². The second-order valence-electron chi connectivity index (χ2n) is 4.88. The maximum Gasteiger partial charge on any atom is 0.0781 e. The average Bonchev–Trinajstić information content (AvgIpc) is 2.40. The number of hydrogen-bond acceptors (Lipinski definition) is 3. The van der Waals surface area contributed by atoms with Crippen molar-refractivity contribution in [1.82, 2.24) is 0 Å². The molecule has 1 saturated heterocycles. The van der Waals surface area contributed by atoms with Crippen molar-refractivity contribution in [2.75, 3.05) is 24.6 Å². The lowest BCUT2D eigenvalue weighted by Gasteiger charge is -2.35. The second-order valence-corrected chi connectivity index (χ2v) is 4.88. The van der Waals surface area contributed by atoms with E-state index in [1.54, 1.807) is 0 Å². The van der Waals surface area contributed by atoms with Crippen molar-refractivity contribution in [2.24, 2.45) is 0 Å². The Morgan fingerprint density at radius 2 is 2.00 bits per heavy atom. The number of para-hydroxylation sites is 1. The van der Waals surface area contributed by atoms with Crippen LogP contribution in [0.4, 0.5) is 5.69 Å². The molecule has 0 saturated carbocycles. The van der Waals surface area contributed by atoms with E-state index in [0.717, 1.165) is 38.1 Å². The molecule has 2 rings (SSSR count). The van der Waals surface area contributed by atoms with Gasteiger partial charge < -0.3 is 14.7 Å². The van der Waals surface area contributed by atoms with E-state index in [-0.39, 0.29) is 0 Å². The van der Waals surface area contributed by atoms with Crippen LogP contribution in [0, 0.1) is 0 Å². The molecular formula is C15H23NO2. The van der Waals surface area contributed by atoms with Gasteiger partial charge in [-0.25, -0.2) is 0 Å². The summed E-state index contributed by atoms with van der Waals surface area (Å²) in [6, 6.07) is 8.13. The predicted molar refractivity (Wildman–Crippen MR) is 73.9 cm³/mol. The van der Waals surface area contributed by atoms with Gasteiger partial charge in [0.15, 0.2) is 0 Å². The lowest BCUT2D eigenvalue weighted by Crippen LogP contribution is -2.37. The third kappa shape index (κ3) is 3.03. The van der Waals surface area contributed by atoms with Gasteiger partial charge in [0.25, 0.3) is 0 Å². The molecule has 0 aliphatic carbocycles. The summed E-state index contributed by atoms with van der Waals surface area (Å²) in [5.74, 6) is 0. The van der Waals surface area contributed by atoms with Crippen LogP contribution in [0.1, 0.15) is 38.4 Å². The number of hydrogen-bond donors (Lipinski definition) is 1. The number of nitrogens with zero attached hydrogens (tertiary/aromatic N) is 1. The molecule has 1 atom stereocenters. The fourth-order valence-corrected chi connectivity index (χ4v) is 2.63.